The molecule has 1 atom stereocenters. The van der Waals surface area contributed by atoms with E-state index in [1.807, 2.05) is 6.20 Å². The molecule has 0 spiro atoms. The predicted octanol–water partition coefficient (Wildman–Crippen LogP) is 2.61. The molecule has 3 nitrogen and oxygen atoms in total. The fourth-order valence-corrected chi connectivity index (χ4v) is 1.96. The molecule has 0 aliphatic heterocycles. The molecule has 1 aromatic carbocycles. The Bertz CT molecular complexity index is 431. The normalized spacial score (nSPS) is 12.6. The average molecular weight is 229 g/mol. The van der Waals surface area contributed by atoms with Crippen molar-refractivity contribution in [1.82, 2.24) is 15.3 Å². The molecule has 0 aliphatic carbocycles. The van der Waals surface area contributed by atoms with E-state index in [4.69, 9.17) is 0 Å². The van der Waals surface area contributed by atoms with Gasteiger partial charge < -0.3 is 10.3 Å². The van der Waals surface area contributed by atoms with Crippen LogP contribution in [0.4, 0.5) is 0 Å². The summed E-state index contributed by atoms with van der Waals surface area (Å²) in [6, 6.07) is 9.01. The van der Waals surface area contributed by atoms with E-state index in [0.717, 1.165) is 18.8 Å². The van der Waals surface area contributed by atoms with Crippen LogP contribution < -0.4 is 5.32 Å². The number of nitrogens with one attached hydrogen (secondary N) is 2. The van der Waals surface area contributed by atoms with Crippen molar-refractivity contribution in [3.63, 3.8) is 0 Å². The molecule has 1 unspecified atom stereocenters. The maximum atomic E-state index is 4.29. The van der Waals surface area contributed by atoms with E-state index in [0.29, 0.717) is 6.04 Å². The van der Waals surface area contributed by atoms with Crippen LogP contribution in [-0.2, 0) is 6.42 Å². The van der Waals surface area contributed by atoms with Crippen molar-refractivity contribution < 1.29 is 0 Å². The average Bonchev–Trinajstić information content (AvgIpc) is 2.82. The van der Waals surface area contributed by atoms with Crippen molar-refractivity contribution in [2.75, 3.05) is 6.54 Å². The summed E-state index contributed by atoms with van der Waals surface area (Å²) in [5, 5.41) is 3.50. The molecule has 0 saturated carbocycles. The third-order valence-corrected chi connectivity index (χ3v) is 2.88. The topological polar surface area (TPSA) is 40.7 Å². The molecule has 2 rings (SSSR count). The van der Waals surface area contributed by atoms with Crippen LogP contribution in [0.15, 0.2) is 36.7 Å². The number of H-pyrrole nitrogens is 1. The second-order valence-electron chi connectivity index (χ2n) is 4.26. The van der Waals surface area contributed by atoms with Crippen molar-refractivity contribution in [2.45, 2.75) is 26.3 Å². The van der Waals surface area contributed by atoms with E-state index >= 15 is 0 Å². The van der Waals surface area contributed by atoms with Gasteiger partial charge in [-0.3, -0.25) is 0 Å². The molecule has 90 valence electrons. The van der Waals surface area contributed by atoms with Gasteiger partial charge in [0.05, 0.1) is 0 Å². The number of aryl methyl sites for hydroxylation is 1. The molecule has 17 heavy (non-hydrogen) atoms. The summed E-state index contributed by atoms with van der Waals surface area (Å²) < 4.78 is 0. The van der Waals surface area contributed by atoms with Crippen LogP contribution in [0.2, 0.25) is 0 Å². The summed E-state index contributed by atoms with van der Waals surface area (Å²) in [7, 11) is 0. The first-order valence-corrected chi connectivity index (χ1v) is 6.07. The molecule has 0 aliphatic rings. The number of hydrogen-bond donors (Lipinski definition) is 2. The van der Waals surface area contributed by atoms with E-state index < -0.39 is 0 Å². The number of rotatable bonds is 5. The minimum Gasteiger partial charge on any atom is -0.349 e. The second-order valence-corrected chi connectivity index (χ2v) is 4.26. The number of hydrogen-bond acceptors (Lipinski definition) is 2. The molecule has 2 N–H and O–H groups in total. The van der Waals surface area contributed by atoms with Gasteiger partial charge in [-0.2, -0.15) is 0 Å². The zero-order chi connectivity index (χ0) is 12.1. The maximum absolute atomic E-state index is 4.29. The molecule has 0 saturated heterocycles. The summed E-state index contributed by atoms with van der Waals surface area (Å²) in [5.74, 6) is 1.02. The Hall–Kier alpha value is -1.61. The highest BCUT2D eigenvalue weighted by Gasteiger charge is 2.11. The fourth-order valence-electron chi connectivity index (χ4n) is 1.96. The Morgan fingerprint density at radius 1 is 1.29 bits per heavy atom. The summed E-state index contributed by atoms with van der Waals surface area (Å²) >= 11 is 0. The molecule has 0 fully saturated rings. The van der Waals surface area contributed by atoms with Crippen LogP contribution in [0, 0.1) is 6.92 Å². The molecule has 1 aromatic heterocycles. The number of nitrogens with zero attached hydrogens (tertiary/aromatic N) is 1. The Kier molecular flexibility index (Phi) is 3.94. The van der Waals surface area contributed by atoms with Gasteiger partial charge in [-0.1, -0.05) is 36.8 Å². The monoisotopic (exact) mass is 229 g/mol. The molecule has 3 heteroatoms. The second kappa shape index (κ2) is 5.64. The van der Waals surface area contributed by atoms with Crippen molar-refractivity contribution in [1.29, 1.82) is 0 Å². The highest BCUT2D eigenvalue weighted by atomic mass is 14.9. The lowest BCUT2D eigenvalue weighted by Gasteiger charge is -2.17. The summed E-state index contributed by atoms with van der Waals surface area (Å²) in [6.45, 7) is 5.20. The first-order chi connectivity index (χ1) is 8.29. The lowest BCUT2D eigenvalue weighted by atomic mass is 10.0. The van der Waals surface area contributed by atoms with Gasteiger partial charge in [0.2, 0.25) is 0 Å². The summed E-state index contributed by atoms with van der Waals surface area (Å²) in [5.41, 5.74) is 2.61. The Labute approximate surface area is 102 Å². The highest BCUT2D eigenvalue weighted by Crippen LogP contribution is 2.17. The SMILES string of the molecule is CCNC(Cc1ncc[nH]1)c1ccc(C)cc1. The smallest absolute Gasteiger partial charge is 0.107 e. The summed E-state index contributed by atoms with van der Waals surface area (Å²) in [4.78, 5) is 7.44. The quantitative estimate of drug-likeness (QED) is 0.827. The minimum absolute atomic E-state index is 0.326. The van der Waals surface area contributed by atoms with Crippen LogP contribution >= 0.6 is 0 Å². The largest absolute Gasteiger partial charge is 0.349 e. The minimum atomic E-state index is 0.326. The van der Waals surface area contributed by atoms with E-state index in [9.17, 15) is 0 Å². The van der Waals surface area contributed by atoms with Gasteiger partial charge in [-0.05, 0) is 19.0 Å². The number of aromatic nitrogens is 2. The van der Waals surface area contributed by atoms with Gasteiger partial charge in [0, 0.05) is 24.9 Å². The van der Waals surface area contributed by atoms with Gasteiger partial charge in [0.25, 0.3) is 0 Å². The molecule has 0 amide bonds. The standard InChI is InChI=1S/C14H19N3/c1-3-15-13(10-14-16-8-9-17-14)12-6-4-11(2)5-7-12/h4-9,13,15H,3,10H2,1-2H3,(H,16,17). The molecule has 2 aromatic rings. The van der Waals surface area contributed by atoms with E-state index in [2.05, 4.69) is 53.4 Å². The van der Waals surface area contributed by atoms with Gasteiger partial charge in [-0.25, -0.2) is 4.98 Å². The number of imidazole rings is 1. The summed E-state index contributed by atoms with van der Waals surface area (Å²) in [6.07, 6.45) is 4.56. The number of aromatic amines is 1. The van der Waals surface area contributed by atoms with Gasteiger partial charge in [0.1, 0.15) is 5.82 Å². The van der Waals surface area contributed by atoms with Crippen molar-refractivity contribution >= 4 is 0 Å². The molecule has 1 heterocycles. The number of benzene rings is 1. The van der Waals surface area contributed by atoms with E-state index in [-0.39, 0.29) is 0 Å². The van der Waals surface area contributed by atoms with Crippen LogP contribution in [0.1, 0.15) is 29.9 Å². The lowest BCUT2D eigenvalue weighted by molar-refractivity contribution is 0.539. The molecular formula is C14H19N3. The van der Waals surface area contributed by atoms with Crippen LogP contribution in [0.3, 0.4) is 0 Å². The molecule has 0 radical (unpaired) electrons. The van der Waals surface area contributed by atoms with E-state index in [1.165, 1.54) is 11.1 Å². The predicted molar refractivity (Wildman–Crippen MR) is 69.9 cm³/mol. The van der Waals surface area contributed by atoms with Crippen molar-refractivity contribution in [3.05, 3.63) is 53.6 Å². The Morgan fingerprint density at radius 2 is 2.06 bits per heavy atom. The fraction of sp³-hybridized carbons (Fsp3) is 0.357. The molecular weight excluding hydrogens is 210 g/mol. The Balaban J connectivity index is 2.13. The van der Waals surface area contributed by atoms with Crippen LogP contribution in [0.25, 0.3) is 0 Å². The lowest BCUT2D eigenvalue weighted by Crippen LogP contribution is -2.23. The zero-order valence-electron chi connectivity index (χ0n) is 10.4. The first-order valence-electron chi connectivity index (χ1n) is 6.07. The third kappa shape index (κ3) is 3.17. The zero-order valence-corrected chi connectivity index (χ0v) is 10.4. The van der Waals surface area contributed by atoms with Gasteiger partial charge in [0.15, 0.2) is 0 Å². The van der Waals surface area contributed by atoms with Crippen LogP contribution in [0.5, 0.6) is 0 Å². The number of likely N-dealkylation sites (N-methyl/N-ethyl adjacent to an activating group) is 1. The van der Waals surface area contributed by atoms with E-state index in [1.54, 1.807) is 6.20 Å². The van der Waals surface area contributed by atoms with Crippen molar-refractivity contribution in [2.24, 2.45) is 0 Å². The first kappa shape index (κ1) is 11.9. The van der Waals surface area contributed by atoms with Crippen molar-refractivity contribution in [3.8, 4) is 0 Å². The van der Waals surface area contributed by atoms with Gasteiger partial charge in [-0.15, -0.1) is 0 Å². The maximum Gasteiger partial charge on any atom is 0.107 e. The molecule has 0 bridgehead atoms. The Morgan fingerprint density at radius 3 is 2.65 bits per heavy atom. The third-order valence-electron chi connectivity index (χ3n) is 2.88. The highest BCUT2D eigenvalue weighted by molar-refractivity contribution is 5.24. The van der Waals surface area contributed by atoms with Crippen LogP contribution in [-0.4, -0.2) is 16.5 Å². The van der Waals surface area contributed by atoms with Gasteiger partial charge >= 0.3 is 0 Å².